The highest BCUT2D eigenvalue weighted by Gasteiger charge is 2.30. The number of hydrogen-bond donors (Lipinski definition) is 1. The number of hydrogen-bond acceptors (Lipinski definition) is 4. The zero-order valence-corrected chi connectivity index (χ0v) is 16.8. The molecule has 0 aromatic heterocycles. The zero-order chi connectivity index (χ0) is 18.6. The van der Waals surface area contributed by atoms with E-state index in [0.29, 0.717) is 27.6 Å². The molecule has 0 unspecified atom stereocenters. The Bertz CT molecular complexity index is 634. The Kier molecular flexibility index (Phi) is 6.87. The number of amides is 1. The monoisotopic (exact) mass is 411 g/mol. The van der Waals surface area contributed by atoms with Gasteiger partial charge in [-0.2, -0.15) is 0 Å². The summed E-state index contributed by atoms with van der Waals surface area (Å²) in [7, 11) is 1.53. The maximum absolute atomic E-state index is 12.4. The second-order valence-electron chi connectivity index (χ2n) is 6.78. The minimum absolute atomic E-state index is 0.140. The molecule has 1 aliphatic carbocycles. The van der Waals surface area contributed by atoms with Crippen LogP contribution in [0.2, 0.25) is 0 Å². The summed E-state index contributed by atoms with van der Waals surface area (Å²) >= 11 is 3.32. The number of halogens is 1. The minimum atomic E-state index is -0.852. The van der Waals surface area contributed by atoms with E-state index in [9.17, 15) is 9.59 Å². The molecule has 6 heteroatoms. The smallest absolute Gasteiger partial charge is 0.340 e. The van der Waals surface area contributed by atoms with Crippen LogP contribution in [0.3, 0.4) is 0 Å². The molecule has 1 N–H and O–H groups in total. The van der Waals surface area contributed by atoms with Gasteiger partial charge in [-0.25, -0.2) is 4.79 Å². The van der Waals surface area contributed by atoms with Crippen LogP contribution in [0.4, 0.5) is 0 Å². The molecule has 0 radical (unpaired) electrons. The highest BCUT2D eigenvalue weighted by molar-refractivity contribution is 9.10. The van der Waals surface area contributed by atoms with Crippen LogP contribution in [0.25, 0.3) is 0 Å². The van der Waals surface area contributed by atoms with Crippen LogP contribution in [0.5, 0.6) is 5.75 Å². The Hall–Kier alpha value is -1.56. The molecule has 0 bridgehead atoms. The molecule has 25 heavy (non-hydrogen) atoms. The lowest BCUT2D eigenvalue weighted by molar-refractivity contribution is -0.130. The van der Waals surface area contributed by atoms with Crippen molar-refractivity contribution < 1.29 is 19.1 Å². The van der Waals surface area contributed by atoms with Gasteiger partial charge in [0.1, 0.15) is 5.75 Å². The van der Waals surface area contributed by atoms with Crippen molar-refractivity contribution in [1.82, 2.24) is 5.32 Å². The van der Waals surface area contributed by atoms with Gasteiger partial charge in [0.2, 0.25) is 0 Å². The molecule has 2 rings (SSSR count). The molecule has 0 heterocycles. The molecule has 1 saturated carbocycles. The van der Waals surface area contributed by atoms with Gasteiger partial charge in [-0.3, -0.25) is 4.79 Å². The molecular formula is C19H26BrNO4. The predicted molar refractivity (Wildman–Crippen MR) is 99.7 cm³/mol. The van der Waals surface area contributed by atoms with Crippen molar-refractivity contribution in [2.45, 2.75) is 52.2 Å². The third kappa shape index (κ3) is 4.97. The number of esters is 1. The summed E-state index contributed by atoms with van der Waals surface area (Å²) in [5, 5.41) is 3.04. The fourth-order valence-electron chi connectivity index (χ4n) is 3.15. The first-order chi connectivity index (χ1) is 11.8. The number of benzene rings is 1. The fourth-order valence-corrected chi connectivity index (χ4v) is 3.56. The van der Waals surface area contributed by atoms with Crippen molar-refractivity contribution in [2.75, 3.05) is 7.11 Å². The maximum Gasteiger partial charge on any atom is 0.340 e. The highest BCUT2D eigenvalue weighted by atomic mass is 79.9. The summed E-state index contributed by atoms with van der Waals surface area (Å²) in [5.41, 5.74) is 0.332. The first kappa shape index (κ1) is 19.8. The summed E-state index contributed by atoms with van der Waals surface area (Å²) in [6, 6.07) is 5.18. The molecule has 0 spiro atoms. The Morgan fingerprint density at radius 1 is 1.28 bits per heavy atom. The molecule has 138 valence electrons. The van der Waals surface area contributed by atoms with Crippen molar-refractivity contribution in [1.29, 1.82) is 0 Å². The Morgan fingerprint density at radius 2 is 2.00 bits per heavy atom. The fraction of sp³-hybridized carbons (Fsp3) is 0.579. The quantitative estimate of drug-likeness (QED) is 0.744. The van der Waals surface area contributed by atoms with Crippen LogP contribution in [0, 0.1) is 11.8 Å². The van der Waals surface area contributed by atoms with Gasteiger partial charge in [0.05, 0.1) is 12.7 Å². The zero-order valence-electron chi connectivity index (χ0n) is 15.2. The largest absolute Gasteiger partial charge is 0.497 e. The summed E-state index contributed by atoms with van der Waals surface area (Å²) in [6.07, 6.45) is 2.43. The Morgan fingerprint density at radius 3 is 2.68 bits per heavy atom. The van der Waals surface area contributed by atoms with Gasteiger partial charge in [0, 0.05) is 10.5 Å². The van der Waals surface area contributed by atoms with Gasteiger partial charge < -0.3 is 14.8 Å². The number of nitrogens with one attached hydrogen (secondary N) is 1. The first-order valence-corrected chi connectivity index (χ1v) is 9.47. The predicted octanol–water partition coefficient (Wildman–Crippen LogP) is 3.94. The summed E-state index contributed by atoms with van der Waals surface area (Å²) in [5.74, 6) is 0.756. The molecule has 4 atom stereocenters. The highest BCUT2D eigenvalue weighted by Crippen LogP contribution is 2.29. The third-order valence-electron chi connectivity index (χ3n) is 5.08. The van der Waals surface area contributed by atoms with Gasteiger partial charge >= 0.3 is 5.97 Å². The van der Waals surface area contributed by atoms with E-state index in [0.717, 1.165) is 12.8 Å². The van der Waals surface area contributed by atoms with Gasteiger partial charge in [-0.05, 0) is 59.3 Å². The summed E-state index contributed by atoms with van der Waals surface area (Å²) < 4.78 is 11.1. The molecule has 1 aromatic carbocycles. The second-order valence-corrected chi connectivity index (χ2v) is 7.63. The normalized spacial score (nSPS) is 24.3. The Balaban J connectivity index is 1.97. The van der Waals surface area contributed by atoms with E-state index in [1.165, 1.54) is 13.5 Å². The van der Waals surface area contributed by atoms with Gasteiger partial charge in [-0.1, -0.05) is 26.7 Å². The number of carbonyl (C=O) groups is 2. The van der Waals surface area contributed by atoms with E-state index in [1.807, 2.05) is 0 Å². The lowest BCUT2D eigenvalue weighted by atomic mass is 9.78. The lowest BCUT2D eigenvalue weighted by Crippen LogP contribution is -2.47. The van der Waals surface area contributed by atoms with Gasteiger partial charge in [0.25, 0.3) is 5.91 Å². The molecule has 0 aliphatic heterocycles. The van der Waals surface area contributed by atoms with Crippen LogP contribution >= 0.6 is 15.9 Å². The summed E-state index contributed by atoms with van der Waals surface area (Å²) in [6.45, 7) is 5.98. The lowest BCUT2D eigenvalue weighted by Gasteiger charge is -2.35. The number of rotatable bonds is 5. The van der Waals surface area contributed by atoms with Crippen LogP contribution in [-0.4, -0.2) is 31.1 Å². The van der Waals surface area contributed by atoms with E-state index in [2.05, 4.69) is 35.1 Å². The van der Waals surface area contributed by atoms with Crippen LogP contribution in [0.1, 0.15) is 50.4 Å². The molecule has 1 fully saturated rings. The van der Waals surface area contributed by atoms with E-state index < -0.39 is 12.1 Å². The molecule has 1 amide bonds. The number of ether oxygens (including phenoxy) is 2. The van der Waals surface area contributed by atoms with E-state index >= 15 is 0 Å². The molecular weight excluding hydrogens is 386 g/mol. The standard InChI is InChI=1S/C19H26BrNO4/c1-11-6-5-7-17(12(11)2)21-18(22)13(3)25-19(23)15-10-14(24-4)8-9-16(15)20/h8-13,17H,5-7H2,1-4H3,(H,21,22)/t11-,12+,13+,17-/m0/s1. The van der Waals surface area contributed by atoms with Crippen molar-refractivity contribution in [2.24, 2.45) is 11.8 Å². The molecule has 0 saturated heterocycles. The third-order valence-corrected chi connectivity index (χ3v) is 5.77. The average Bonchev–Trinajstić information content (AvgIpc) is 2.59. The maximum atomic E-state index is 12.4. The van der Waals surface area contributed by atoms with E-state index in [4.69, 9.17) is 9.47 Å². The van der Waals surface area contributed by atoms with Crippen molar-refractivity contribution in [3.8, 4) is 5.75 Å². The van der Waals surface area contributed by atoms with Crippen molar-refractivity contribution in [3.63, 3.8) is 0 Å². The number of carbonyl (C=O) groups excluding carboxylic acids is 2. The topological polar surface area (TPSA) is 64.6 Å². The first-order valence-electron chi connectivity index (χ1n) is 8.68. The van der Waals surface area contributed by atoms with Crippen LogP contribution in [0.15, 0.2) is 22.7 Å². The van der Waals surface area contributed by atoms with Gasteiger partial charge in [0.15, 0.2) is 6.10 Å². The van der Waals surface area contributed by atoms with E-state index in [-0.39, 0.29) is 11.9 Å². The SMILES string of the molecule is COc1ccc(Br)c(C(=O)O[C@H](C)C(=O)N[C@H]2CCC[C@H](C)[C@H]2C)c1. The van der Waals surface area contributed by atoms with Crippen molar-refractivity contribution in [3.05, 3.63) is 28.2 Å². The van der Waals surface area contributed by atoms with E-state index in [1.54, 1.807) is 25.1 Å². The number of methoxy groups -OCH3 is 1. The molecule has 5 nitrogen and oxygen atoms in total. The Labute approximate surface area is 157 Å². The van der Waals surface area contributed by atoms with Gasteiger partial charge in [-0.15, -0.1) is 0 Å². The average molecular weight is 412 g/mol. The second kappa shape index (κ2) is 8.70. The van der Waals surface area contributed by atoms with Crippen LogP contribution < -0.4 is 10.1 Å². The van der Waals surface area contributed by atoms with Crippen molar-refractivity contribution >= 4 is 27.8 Å². The molecule has 1 aliphatic rings. The molecule has 1 aromatic rings. The van der Waals surface area contributed by atoms with Crippen LogP contribution in [-0.2, 0) is 9.53 Å². The minimum Gasteiger partial charge on any atom is -0.497 e. The summed E-state index contributed by atoms with van der Waals surface area (Å²) in [4.78, 5) is 24.8.